The molecule has 1 aliphatic rings. The maximum absolute atomic E-state index is 12.7. The van der Waals surface area contributed by atoms with Crippen LogP contribution in [0, 0.1) is 0 Å². The third-order valence-corrected chi connectivity index (χ3v) is 6.83. The van der Waals surface area contributed by atoms with Gasteiger partial charge in [0, 0.05) is 26.2 Å². The van der Waals surface area contributed by atoms with Gasteiger partial charge in [0.2, 0.25) is 10.0 Å². The van der Waals surface area contributed by atoms with Gasteiger partial charge >= 0.3 is 5.97 Å². The topological polar surface area (TPSA) is 102 Å². The first-order valence-corrected chi connectivity index (χ1v) is 11.0. The molecule has 166 valence electrons. The number of sulfonamides is 1. The van der Waals surface area contributed by atoms with Gasteiger partial charge in [0.15, 0.2) is 18.1 Å². The summed E-state index contributed by atoms with van der Waals surface area (Å²) >= 11 is 0. The van der Waals surface area contributed by atoms with E-state index in [1.165, 1.54) is 35.6 Å². The molecule has 0 saturated carbocycles. The summed E-state index contributed by atoms with van der Waals surface area (Å²) in [6.07, 6.45) is 0. The Balaban J connectivity index is 1.53. The van der Waals surface area contributed by atoms with E-state index in [2.05, 4.69) is 0 Å². The number of methoxy groups -OCH3 is 2. The van der Waals surface area contributed by atoms with Gasteiger partial charge in [-0.1, -0.05) is 18.2 Å². The molecule has 1 amide bonds. The van der Waals surface area contributed by atoms with Crippen molar-refractivity contribution in [3.8, 4) is 11.5 Å². The zero-order valence-electron chi connectivity index (χ0n) is 17.3. The van der Waals surface area contributed by atoms with Crippen LogP contribution in [0.3, 0.4) is 0 Å². The zero-order chi connectivity index (χ0) is 22.4. The van der Waals surface area contributed by atoms with Crippen molar-refractivity contribution in [2.45, 2.75) is 4.90 Å². The number of benzene rings is 2. The monoisotopic (exact) mass is 448 g/mol. The van der Waals surface area contributed by atoms with Crippen LogP contribution in [0.2, 0.25) is 0 Å². The van der Waals surface area contributed by atoms with E-state index in [0.29, 0.717) is 11.5 Å². The minimum Gasteiger partial charge on any atom is -0.493 e. The van der Waals surface area contributed by atoms with Crippen LogP contribution in [-0.4, -0.2) is 76.5 Å². The number of nitrogens with zero attached hydrogens (tertiary/aromatic N) is 2. The van der Waals surface area contributed by atoms with E-state index in [-0.39, 0.29) is 42.5 Å². The first-order valence-electron chi connectivity index (χ1n) is 9.59. The average Bonchev–Trinajstić information content (AvgIpc) is 2.82. The molecule has 0 radical (unpaired) electrons. The molecule has 0 N–H and O–H groups in total. The Morgan fingerprint density at radius 3 is 2.16 bits per heavy atom. The molecule has 0 aromatic heterocycles. The third-order valence-electron chi connectivity index (χ3n) is 4.92. The van der Waals surface area contributed by atoms with E-state index < -0.39 is 22.6 Å². The summed E-state index contributed by atoms with van der Waals surface area (Å²) in [6.45, 7) is 0.357. The SMILES string of the molecule is COc1ccc(C(=O)OCC(=O)N2CCN(S(=O)(=O)c3ccccc3)CC2)cc1OC. The second-order valence-electron chi connectivity index (χ2n) is 6.74. The second-order valence-corrected chi connectivity index (χ2v) is 8.68. The van der Waals surface area contributed by atoms with Crippen molar-refractivity contribution in [1.82, 2.24) is 9.21 Å². The number of hydrogen-bond acceptors (Lipinski definition) is 7. The molecule has 1 saturated heterocycles. The molecule has 0 bridgehead atoms. The number of hydrogen-bond donors (Lipinski definition) is 0. The summed E-state index contributed by atoms with van der Waals surface area (Å²) in [5.41, 5.74) is 0.226. The normalized spacial score (nSPS) is 14.7. The first kappa shape index (κ1) is 22.6. The summed E-state index contributed by atoms with van der Waals surface area (Å²) < 4.78 is 42.1. The molecule has 1 fully saturated rings. The fraction of sp³-hybridized carbons (Fsp3) is 0.333. The summed E-state index contributed by atoms with van der Waals surface area (Å²) in [7, 11) is -0.659. The highest BCUT2D eigenvalue weighted by molar-refractivity contribution is 7.89. The maximum atomic E-state index is 12.7. The molecule has 0 spiro atoms. The van der Waals surface area contributed by atoms with Crippen LogP contribution in [0.25, 0.3) is 0 Å². The van der Waals surface area contributed by atoms with Crippen molar-refractivity contribution in [3.63, 3.8) is 0 Å². The van der Waals surface area contributed by atoms with E-state index in [0.717, 1.165) is 0 Å². The molecule has 0 atom stereocenters. The minimum absolute atomic E-state index is 0.173. The number of carbonyl (C=O) groups excluding carboxylic acids is 2. The molecular formula is C21H24N2O7S. The Hall–Kier alpha value is -3.11. The van der Waals surface area contributed by atoms with Crippen molar-refractivity contribution in [3.05, 3.63) is 54.1 Å². The Morgan fingerprint density at radius 2 is 1.55 bits per heavy atom. The number of amides is 1. The summed E-state index contributed by atoms with van der Waals surface area (Å²) in [4.78, 5) is 26.4. The van der Waals surface area contributed by atoms with Gasteiger partial charge in [0.05, 0.1) is 24.7 Å². The van der Waals surface area contributed by atoms with Gasteiger partial charge in [-0.25, -0.2) is 13.2 Å². The molecular weight excluding hydrogens is 424 g/mol. The highest BCUT2D eigenvalue weighted by atomic mass is 32.2. The number of piperazine rings is 1. The Morgan fingerprint density at radius 1 is 0.903 bits per heavy atom. The summed E-state index contributed by atoms with van der Waals surface area (Å²) in [5, 5.41) is 0. The van der Waals surface area contributed by atoms with Crippen LogP contribution < -0.4 is 9.47 Å². The molecule has 2 aromatic carbocycles. The number of rotatable bonds is 7. The van der Waals surface area contributed by atoms with Gasteiger partial charge in [-0.15, -0.1) is 0 Å². The lowest BCUT2D eigenvalue weighted by atomic mass is 10.2. The minimum atomic E-state index is -3.60. The largest absolute Gasteiger partial charge is 0.493 e. The van der Waals surface area contributed by atoms with Crippen LogP contribution in [0.1, 0.15) is 10.4 Å². The van der Waals surface area contributed by atoms with Gasteiger partial charge in [-0.2, -0.15) is 4.31 Å². The van der Waals surface area contributed by atoms with Gasteiger partial charge in [-0.05, 0) is 30.3 Å². The molecule has 1 aliphatic heterocycles. The van der Waals surface area contributed by atoms with Crippen molar-refractivity contribution >= 4 is 21.9 Å². The van der Waals surface area contributed by atoms with E-state index in [1.807, 2.05) is 0 Å². The Labute approximate surface area is 181 Å². The highest BCUT2D eigenvalue weighted by Crippen LogP contribution is 2.27. The number of carbonyl (C=O) groups is 2. The van der Waals surface area contributed by atoms with Crippen molar-refractivity contribution in [2.75, 3.05) is 47.0 Å². The highest BCUT2D eigenvalue weighted by Gasteiger charge is 2.30. The third kappa shape index (κ3) is 5.15. The second kappa shape index (κ2) is 9.80. The maximum Gasteiger partial charge on any atom is 0.338 e. The van der Waals surface area contributed by atoms with Crippen LogP contribution in [-0.2, 0) is 19.6 Å². The molecule has 3 rings (SSSR count). The van der Waals surface area contributed by atoms with Crippen molar-refractivity contribution in [1.29, 1.82) is 0 Å². The van der Waals surface area contributed by atoms with Crippen molar-refractivity contribution in [2.24, 2.45) is 0 Å². The lowest BCUT2D eigenvalue weighted by molar-refractivity contribution is -0.135. The molecule has 0 unspecified atom stereocenters. The lowest BCUT2D eigenvalue weighted by Crippen LogP contribution is -2.51. The lowest BCUT2D eigenvalue weighted by Gasteiger charge is -2.33. The standard InChI is InChI=1S/C21H24N2O7S/c1-28-18-9-8-16(14-19(18)29-2)21(25)30-15-20(24)22-10-12-23(13-11-22)31(26,27)17-6-4-3-5-7-17/h3-9,14H,10-13,15H2,1-2H3. The number of ether oxygens (including phenoxy) is 3. The van der Waals surface area contributed by atoms with Crippen LogP contribution in [0.15, 0.2) is 53.4 Å². The summed E-state index contributed by atoms with van der Waals surface area (Å²) in [5.74, 6) is -0.206. The average molecular weight is 448 g/mol. The number of esters is 1. The van der Waals surface area contributed by atoms with Crippen LogP contribution >= 0.6 is 0 Å². The van der Waals surface area contributed by atoms with Gasteiger partial charge < -0.3 is 19.1 Å². The fourth-order valence-corrected chi connectivity index (χ4v) is 4.63. The molecule has 10 heteroatoms. The van der Waals surface area contributed by atoms with E-state index in [4.69, 9.17) is 14.2 Å². The zero-order valence-corrected chi connectivity index (χ0v) is 18.1. The smallest absolute Gasteiger partial charge is 0.338 e. The van der Waals surface area contributed by atoms with E-state index in [9.17, 15) is 18.0 Å². The first-order chi connectivity index (χ1) is 14.9. The molecule has 31 heavy (non-hydrogen) atoms. The van der Waals surface area contributed by atoms with Crippen LogP contribution in [0.4, 0.5) is 0 Å². The van der Waals surface area contributed by atoms with Gasteiger partial charge in [-0.3, -0.25) is 4.79 Å². The molecule has 0 aliphatic carbocycles. The quantitative estimate of drug-likeness (QED) is 0.590. The molecule has 2 aromatic rings. The predicted octanol–water partition coefficient (Wildman–Crippen LogP) is 1.39. The Bertz CT molecular complexity index is 1030. The van der Waals surface area contributed by atoms with Crippen LogP contribution in [0.5, 0.6) is 11.5 Å². The molecule has 9 nitrogen and oxygen atoms in total. The fourth-order valence-electron chi connectivity index (χ4n) is 3.18. The van der Waals surface area contributed by atoms with Gasteiger partial charge in [0.25, 0.3) is 5.91 Å². The van der Waals surface area contributed by atoms with Gasteiger partial charge in [0.1, 0.15) is 0 Å². The van der Waals surface area contributed by atoms with E-state index >= 15 is 0 Å². The Kier molecular flexibility index (Phi) is 7.13. The van der Waals surface area contributed by atoms with E-state index in [1.54, 1.807) is 36.4 Å². The van der Waals surface area contributed by atoms with Crippen molar-refractivity contribution < 1.29 is 32.2 Å². The predicted molar refractivity (Wildman–Crippen MR) is 112 cm³/mol. The summed E-state index contributed by atoms with van der Waals surface area (Å²) in [6, 6.07) is 12.7. The molecule has 1 heterocycles.